The van der Waals surface area contributed by atoms with Crippen molar-refractivity contribution in [1.82, 2.24) is 5.32 Å². The van der Waals surface area contributed by atoms with E-state index in [0.29, 0.717) is 4.99 Å². The molecule has 0 fully saturated rings. The lowest BCUT2D eigenvalue weighted by atomic mass is 10.0. The molecule has 2 aromatic rings. The smallest absolute Gasteiger partial charge is 0.157 e. The van der Waals surface area contributed by atoms with Crippen LogP contribution in [-0.4, -0.2) is 24.9 Å². The van der Waals surface area contributed by atoms with Gasteiger partial charge in [0.2, 0.25) is 0 Å². The fraction of sp³-hybridized carbons (Fsp3) is 0.222. The van der Waals surface area contributed by atoms with Gasteiger partial charge >= 0.3 is 0 Å². The van der Waals surface area contributed by atoms with Crippen molar-refractivity contribution < 1.29 is 9.47 Å². The Morgan fingerprint density at radius 3 is 2.26 bits per heavy atom. The lowest BCUT2D eigenvalue weighted by Crippen LogP contribution is -2.36. The van der Waals surface area contributed by atoms with Gasteiger partial charge in [-0.2, -0.15) is 0 Å². The lowest BCUT2D eigenvalue weighted by molar-refractivity contribution is 0.383. The molecule has 0 saturated heterocycles. The van der Waals surface area contributed by atoms with E-state index < -0.39 is 5.66 Å². The summed E-state index contributed by atoms with van der Waals surface area (Å²) in [5.41, 5.74) is 1.88. The first-order valence-electron chi connectivity index (χ1n) is 7.28. The molecule has 118 valence electrons. The van der Waals surface area contributed by atoms with E-state index in [4.69, 9.17) is 26.7 Å². The second-order valence-electron chi connectivity index (χ2n) is 5.39. The van der Waals surface area contributed by atoms with Gasteiger partial charge in [-0.3, -0.25) is 0 Å². The molecule has 0 saturated carbocycles. The van der Waals surface area contributed by atoms with Crippen LogP contribution in [0.1, 0.15) is 18.1 Å². The molecule has 1 aliphatic rings. The number of ether oxygens (including phenoxy) is 2. The van der Waals surface area contributed by atoms with Crippen LogP contribution in [-0.2, 0) is 5.66 Å². The maximum atomic E-state index is 5.52. The number of thiocarbonyl (C=S) groups is 1. The number of methoxy groups -OCH3 is 2. The Labute approximate surface area is 141 Å². The van der Waals surface area contributed by atoms with Gasteiger partial charge in [0.25, 0.3) is 0 Å². The minimum absolute atomic E-state index is 0.600. The van der Waals surface area contributed by atoms with Gasteiger partial charge in [0.05, 0.1) is 14.2 Å². The second kappa shape index (κ2) is 6.01. The summed E-state index contributed by atoms with van der Waals surface area (Å²) < 4.78 is 10.9. The van der Waals surface area contributed by atoms with E-state index >= 15 is 0 Å². The monoisotopic (exact) mass is 326 g/mol. The van der Waals surface area contributed by atoms with Crippen molar-refractivity contribution in [1.29, 1.82) is 0 Å². The van der Waals surface area contributed by atoms with Crippen LogP contribution < -0.4 is 14.8 Å². The zero-order valence-corrected chi connectivity index (χ0v) is 14.1. The fourth-order valence-electron chi connectivity index (χ4n) is 2.78. The molecule has 1 heterocycles. The molecule has 1 atom stereocenters. The molecule has 23 heavy (non-hydrogen) atoms. The largest absolute Gasteiger partial charge is 0.496 e. The van der Waals surface area contributed by atoms with Crippen LogP contribution in [0, 0.1) is 0 Å². The zero-order valence-electron chi connectivity index (χ0n) is 13.3. The normalized spacial score (nSPS) is 20.0. The zero-order chi connectivity index (χ0) is 16.4. The summed E-state index contributed by atoms with van der Waals surface area (Å²) >= 11 is 5.52. The van der Waals surface area contributed by atoms with Crippen LogP contribution in [0.3, 0.4) is 0 Å². The number of para-hydroxylation sites is 2. The predicted molar refractivity (Wildman–Crippen MR) is 95.6 cm³/mol. The first-order valence-corrected chi connectivity index (χ1v) is 7.69. The Morgan fingerprint density at radius 1 is 0.957 bits per heavy atom. The molecule has 2 aromatic carbocycles. The number of aliphatic imine (C=N–C) groups is 1. The molecule has 0 aliphatic carbocycles. The Bertz CT molecular complexity index is 788. The number of hydrogen-bond acceptors (Lipinski definition) is 4. The van der Waals surface area contributed by atoms with Crippen molar-refractivity contribution >= 4 is 22.9 Å². The molecular formula is C18H18N2O2S. The molecule has 0 radical (unpaired) electrons. The molecule has 1 aliphatic heterocycles. The minimum Gasteiger partial charge on any atom is -0.496 e. The van der Waals surface area contributed by atoms with E-state index in [1.165, 1.54) is 0 Å². The first-order chi connectivity index (χ1) is 11.1. The van der Waals surface area contributed by atoms with Crippen molar-refractivity contribution in [3.63, 3.8) is 0 Å². The highest BCUT2D eigenvalue weighted by Gasteiger charge is 2.37. The number of nitrogens with zero attached hydrogens (tertiary/aromatic N) is 1. The Balaban J connectivity index is 2.11. The summed E-state index contributed by atoms with van der Waals surface area (Å²) in [7, 11) is 3.30. The van der Waals surface area contributed by atoms with Crippen molar-refractivity contribution in [2.24, 2.45) is 4.99 Å². The average Bonchev–Trinajstić information content (AvgIpc) is 2.90. The van der Waals surface area contributed by atoms with Gasteiger partial charge in [-0.25, -0.2) is 4.99 Å². The molecule has 4 nitrogen and oxygen atoms in total. The third-order valence-corrected chi connectivity index (χ3v) is 4.20. The van der Waals surface area contributed by atoms with Crippen LogP contribution >= 0.6 is 12.2 Å². The third kappa shape index (κ3) is 2.68. The van der Waals surface area contributed by atoms with E-state index in [1.807, 2.05) is 55.5 Å². The van der Waals surface area contributed by atoms with Gasteiger partial charge in [0, 0.05) is 11.1 Å². The molecule has 5 heteroatoms. The molecule has 1 unspecified atom stereocenters. The summed E-state index contributed by atoms with van der Waals surface area (Å²) in [6.45, 7) is 1.99. The topological polar surface area (TPSA) is 42.9 Å². The van der Waals surface area contributed by atoms with Crippen molar-refractivity contribution in [2.75, 3.05) is 14.2 Å². The highest BCUT2D eigenvalue weighted by molar-refractivity contribution is 7.82. The quantitative estimate of drug-likeness (QED) is 0.876. The van der Waals surface area contributed by atoms with Gasteiger partial charge in [0.1, 0.15) is 22.2 Å². The summed E-state index contributed by atoms with van der Waals surface area (Å²) in [6, 6.07) is 15.5. The Hall–Kier alpha value is -2.40. The molecule has 0 aromatic heterocycles. The highest BCUT2D eigenvalue weighted by atomic mass is 32.1. The van der Waals surface area contributed by atoms with Crippen molar-refractivity contribution in [2.45, 2.75) is 12.6 Å². The fourth-order valence-corrected chi connectivity index (χ4v) is 3.13. The molecule has 0 amide bonds. The Kier molecular flexibility index (Phi) is 4.05. The number of rotatable bonds is 4. The predicted octanol–water partition coefficient (Wildman–Crippen LogP) is 3.30. The van der Waals surface area contributed by atoms with Crippen LogP contribution in [0.15, 0.2) is 53.5 Å². The maximum absolute atomic E-state index is 5.52. The maximum Gasteiger partial charge on any atom is 0.157 e. The van der Waals surface area contributed by atoms with Gasteiger partial charge in [-0.15, -0.1) is 0 Å². The average molecular weight is 326 g/mol. The van der Waals surface area contributed by atoms with Crippen molar-refractivity contribution in [3.8, 4) is 11.5 Å². The number of nitrogens with one attached hydrogen (secondary N) is 1. The van der Waals surface area contributed by atoms with E-state index in [1.54, 1.807) is 14.2 Å². The third-order valence-electron chi connectivity index (χ3n) is 3.90. The minimum atomic E-state index is -0.667. The number of benzene rings is 2. The molecular weight excluding hydrogens is 308 g/mol. The second-order valence-corrected chi connectivity index (χ2v) is 5.80. The van der Waals surface area contributed by atoms with E-state index in [-0.39, 0.29) is 0 Å². The first kappa shape index (κ1) is 15.5. The summed E-state index contributed by atoms with van der Waals surface area (Å²) in [5.74, 6) is 1.52. The van der Waals surface area contributed by atoms with E-state index in [9.17, 15) is 0 Å². The van der Waals surface area contributed by atoms with Gasteiger partial charge in [-0.1, -0.05) is 42.5 Å². The van der Waals surface area contributed by atoms with Gasteiger partial charge in [0.15, 0.2) is 5.66 Å². The van der Waals surface area contributed by atoms with E-state index in [2.05, 4.69) is 5.32 Å². The van der Waals surface area contributed by atoms with Crippen molar-refractivity contribution in [3.05, 3.63) is 59.7 Å². The summed E-state index contributed by atoms with van der Waals surface area (Å²) in [5, 5.41) is 3.31. The standard InChI is InChI=1S/C18H18N2O2S/c1-18(13-9-5-7-11-15(13)22-3)19-16(17(23)20-18)12-8-4-6-10-14(12)21-2/h4-11H,1-3H3,(H,20,23). The SMILES string of the molecule is COc1ccccc1C1=NC(C)(c2ccccc2OC)NC1=S. The lowest BCUT2D eigenvalue weighted by Gasteiger charge is -2.24. The molecule has 0 bridgehead atoms. The van der Waals surface area contributed by atoms with Gasteiger partial charge in [-0.05, 0) is 25.1 Å². The van der Waals surface area contributed by atoms with Crippen LogP contribution in [0.25, 0.3) is 0 Å². The van der Waals surface area contributed by atoms with E-state index in [0.717, 1.165) is 28.3 Å². The highest BCUT2D eigenvalue weighted by Crippen LogP contribution is 2.35. The van der Waals surface area contributed by atoms with Crippen LogP contribution in [0.2, 0.25) is 0 Å². The van der Waals surface area contributed by atoms with Gasteiger partial charge < -0.3 is 14.8 Å². The Morgan fingerprint density at radius 2 is 1.57 bits per heavy atom. The molecule has 3 rings (SSSR count). The molecule has 0 spiro atoms. The number of hydrogen-bond donors (Lipinski definition) is 1. The summed E-state index contributed by atoms with van der Waals surface area (Å²) in [6.07, 6.45) is 0. The molecule has 1 N–H and O–H groups in total. The summed E-state index contributed by atoms with van der Waals surface area (Å²) in [4.78, 5) is 5.46. The van der Waals surface area contributed by atoms with Crippen LogP contribution in [0.4, 0.5) is 0 Å². The van der Waals surface area contributed by atoms with Crippen LogP contribution in [0.5, 0.6) is 11.5 Å².